The van der Waals surface area contributed by atoms with Gasteiger partial charge in [-0.1, -0.05) is 24.3 Å². The van der Waals surface area contributed by atoms with Gasteiger partial charge in [0.25, 0.3) is 5.69 Å². The summed E-state index contributed by atoms with van der Waals surface area (Å²) in [4.78, 5) is 25.2. The van der Waals surface area contributed by atoms with Crippen LogP contribution in [0.1, 0.15) is 30.5 Å². The van der Waals surface area contributed by atoms with Gasteiger partial charge >= 0.3 is 0 Å². The summed E-state index contributed by atoms with van der Waals surface area (Å²) in [5.41, 5.74) is 3.47. The Labute approximate surface area is 141 Å². The molecule has 0 radical (unpaired) electrons. The van der Waals surface area contributed by atoms with E-state index in [9.17, 15) is 14.9 Å². The molecule has 0 fully saturated rings. The van der Waals surface area contributed by atoms with Crippen LogP contribution in [-0.4, -0.2) is 17.4 Å². The molecule has 0 N–H and O–H groups in total. The van der Waals surface area contributed by atoms with Crippen molar-refractivity contribution in [2.45, 2.75) is 32.6 Å². The highest BCUT2D eigenvalue weighted by Crippen LogP contribution is 2.44. The van der Waals surface area contributed by atoms with Crippen molar-refractivity contribution in [3.8, 4) is 0 Å². The number of nitro groups is 1. The molecule has 1 heterocycles. The third kappa shape index (κ3) is 2.46. The number of aryl methyl sites for hydroxylation is 1. The second kappa shape index (κ2) is 5.74. The fraction of sp³-hybridized carbons (Fsp3) is 0.316. The number of non-ortho nitro benzene ring substituents is 1. The average molecular weight is 324 g/mol. The van der Waals surface area contributed by atoms with Gasteiger partial charge in [0.15, 0.2) is 0 Å². The number of fused-ring (bicyclic) bond motifs is 1. The molecule has 1 aliphatic heterocycles. The van der Waals surface area contributed by atoms with Gasteiger partial charge in [-0.05, 0) is 49.9 Å². The molecule has 0 aliphatic carbocycles. The second-order valence-corrected chi connectivity index (χ2v) is 6.50. The minimum atomic E-state index is -0.644. The quantitative estimate of drug-likeness (QED) is 0.635. The number of amides is 1. The van der Waals surface area contributed by atoms with E-state index < -0.39 is 10.3 Å². The maximum Gasteiger partial charge on any atom is 0.269 e. The number of hydrogen-bond donors (Lipinski definition) is 0. The first-order chi connectivity index (χ1) is 11.4. The Kier molecular flexibility index (Phi) is 3.87. The predicted molar refractivity (Wildman–Crippen MR) is 93.4 cm³/mol. The van der Waals surface area contributed by atoms with Gasteiger partial charge in [0.05, 0.1) is 10.3 Å². The maximum absolute atomic E-state index is 13.0. The van der Waals surface area contributed by atoms with Crippen molar-refractivity contribution in [2.24, 2.45) is 0 Å². The van der Waals surface area contributed by atoms with E-state index in [1.54, 1.807) is 12.1 Å². The highest BCUT2D eigenvalue weighted by Gasteiger charge is 2.46. The summed E-state index contributed by atoms with van der Waals surface area (Å²) < 4.78 is 0. The molecule has 5 nitrogen and oxygen atoms in total. The zero-order chi connectivity index (χ0) is 17.5. The van der Waals surface area contributed by atoms with Crippen molar-refractivity contribution in [1.29, 1.82) is 0 Å². The van der Waals surface area contributed by atoms with Crippen LogP contribution < -0.4 is 4.90 Å². The minimum absolute atomic E-state index is 0.0628. The maximum atomic E-state index is 13.0. The van der Waals surface area contributed by atoms with Gasteiger partial charge in [0.2, 0.25) is 5.91 Å². The van der Waals surface area contributed by atoms with Crippen molar-refractivity contribution in [3.63, 3.8) is 0 Å². The van der Waals surface area contributed by atoms with Crippen molar-refractivity contribution in [2.75, 3.05) is 11.4 Å². The molecule has 1 atom stereocenters. The second-order valence-electron chi connectivity index (χ2n) is 6.50. The molecule has 3 rings (SSSR count). The van der Waals surface area contributed by atoms with Crippen LogP contribution in [0.15, 0.2) is 42.5 Å². The molecule has 124 valence electrons. The third-order valence-electron chi connectivity index (χ3n) is 4.78. The molecule has 0 bridgehead atoms. The van der Waals surface area contributed by atoms with Crippen LogP contribution in [0.3, 0.4) is 0 Å². The van der Waals surface area contributed by atoms with Crippen molar-refractivity contribution in [3.05, 3.63) is 69.3 Å². The first-order valence-corrected chi connectivity index (χ1v) is 8.03. The molecule has 0 saturated carbocycles. The Hall–Kier alpha value is -2.69. The number of nitrogens with zero attached hydrogens (tertiary/aromatic N) is 2. The lowest BCUT2D eigenvalue weighted by atomic mass is 9.78. The lowest BCUT2D eigenvalue weighted by molar-refractivity contribution is -0.384. The average Bonchev–Trinajstić information content (AvgIpc) is 2.75. The molecule has 24 heavy (non-hydrogen) atoms. The fourth-order valence-corrected chi connectivity index (χ4v) is 3.48. The lowest BCUT2D eigenvalue weighted by Gasteiger charge is -2.24. The van der Waals surface area contributed by atoms with Crippen molar-refractivity contribution < 1.29 is 9.72 Å². The Morgan fingerprint density at radius 1 is 1.17 bits per heavy atom. The van der Waals surface area contributed by atoms with Crippen LogP contribution in [0, 0.1) is 17.0 Å². The van der Waals surface area contributed by atoms with E-state index in [1.165, 1.54) is 12.1 Å². The van der Waals surface area contributed by atoms with Crippen LogP contribution in [0.5, 0.6) is 0 Å². The summed E-state index contributed by atoms with van der Waals surface area (Å²) in [5.74, 6) is 0.0870. The SMILES string of the molecule is CCN1C(=O)[C@@](C)(Cc2ccc([N+](=O)[O-])cc2)c2ccc(C)cc21. The number of likely N-dealkylation sites (N-methyl/N-ethyl adjacent to an activating group) is 1. The predicted octanol–water partition coefficient (Wildman–Crippen LogP) is 3.77. The third-order valence-corrected chi connectivity index (χ3v) is 4.78. The number of carbonyl (C=O) groups is 1. The van der Waals surface area contributed by atoms with Gasteiger partial charge in [0, 0.05) is 24.4 Å². The van der Waals surface area contributed by atoms with Crippen LogP contribution in [0.25, 0.3) is 0 Å². The van der Waals surface area contributed by atoms with Gasteiger partial charge in [-0.3, -0.25) is 14.9 Å². The summed E-state index contributed by atoms with van der Waals surface area (Å²) >= 11 is 0. The van der Waals surface area contributed by atoms with Crippen LogP contribution in [0.2, 0.25) is 0 Å². The van der Waals surface area contributed by atoms with E-state index in [4.69, 9.17) is 0 Å². The van der Waals surface area contributed by atoms with Gasteiger partial charge in [0.1, 0.15) is 0 Å². The molecule has 0 unspecified atom stereocenters. The van der Waals surface area contributed by atoms with Gasteiger partial charge in [-0.25, -0.2) is 0 Å². The standard InChI is InChI=1S/C19H20N2O3/c1-4-20-17-11-13(2)5-10-16(17)19(3,18(20)22)12-14-6-8-15(9-7-14)21(23)24/h5-11H,4,12H2,1-3H3/t19-/m0/s1. The first kappa shape index (κ1) is 16.2. The molecule has 0 saturated heterocycles. The summed E-state index contributed by atoms with van der Waals surface area (Å²) in [6.07, 6.45) is 0.524. The molecular weight excluding hydrogens is 304 g/mol. The van der Waals surface area contributed by atoms with E-state index in [0.29, 0.717) is 13.0 Å². The topological polar surface area (TPSA) is 63.5 Å². The molecule has 5 heteroatoms. The van der Waals surface area contributed by atoms with Gasteiger partial charge in [-0.15, -0.1) is 0 Å². The van der Waals surface area contributed by atoms with Crippen molar-refractivity contribution in [1.82, 2.24) is 0 Å². The molecule has 1 amide bonds. The number of hydrogen-bond acceptors (Lipinski definition) is 3. The summed E-state index contributed by atoms with van der Waals surface area (Å²) in [7, 11) is 0. The zero-order valence-electron chi connectivity index (χ0n) is 14.1. The van der Waals surface area contributed by atoms with Crippen LogP contribution in [0.4, 0.5) is 11.4 Å². The Bertz CT molecular complexity index is 814. The summed E-state index contributed by atoms with van der Waals surface area (Å²) in [5, 5.41) is 10.8. The Balaban J connectivity index is 2.00. The number of anilines is 1. The Morgan fingerprint density at radius 2 is 1.83 bits per heavy atom. The molecule has 2 aromatic rings. The van der Waals surface area contributed by atoms with Crippen LogP contribution >= 0.6 is 0 Å². The van der Waals surface area contributed by atoms with E-state index in [-0.39, 0.29) is 11.6 Å². The molecule has 2 aromatic carbocycles. The summed E-state index contributed by atoms with van der Waals surface area (Å²) in [6.45, 7) is 6.58. The first-order valence-electron chi connectivity index (χ1n) is 8.03. The number of nitro benzene ring substituents is 1. The highest BCUT2D eigenvalue weighted by atomic mass is 16.6. The monoisotopic (exact) mass is 324 g/mol. The molecule has 0 spiro atoms. The fourth-order valence-electron chi connectivity index (χ4n) is 3.48. The summed E-state index contributed by atoms with van der Waals surface area (Å²) in [6, 6.07) is 12.6. The normalized spacial score (nSPS) is 19.5. The molecule has 0 aromatic heterocycles. The molecule has 1 aliphatic rings. The smallest absolute Gasteiger partial charge is 0.269 e. The van der Waals surface area contributed by atoms with E-state index in [0.717, 1.165) is 22.4 Å². The van der Waals surface area contributed by atoms with E-state index >= 15 is 0 Å². The highest BCUT2D eigenvalue weighted by molar-refractivity contribution is 6.08. The number of carbonyl (C=O) groups excluding carboxylic acids is 1. The van der Waals surface area contributed by atoms with Crippen molar-refractivity contribution >= 4 is 17.3 Å². The Morgan fingerprint density at radius 3 is 2.42 bits per heavy atom. The van der Waals surface area contributed by atoms with Gasteiger partial charge < -0.3 is 4.90 Å². The largest absolute Gasteiger partial charge is 0.312 e. The molecular formula is C19H20N2O3. The lowest BCUT2D eigenvalue weighted by Crippen LogP contribution is -2.39. The minimum Gasteiger partial charge on any atom is -0.312 e. The zero-order valence-corrected chi connectivity index (χ0v) is 14.1. The van der Waals surface area contributed by atoms with E-state index in [2.05, 4.69) is 6.07 Å². The van der Waals surface area contributed by atoms with Gasteiger partial charge in [-0.2, -0.15) is 0 Å². The van der Waals surface area contributed by atoms with E-state index in [1.807, 2.05) is 37.8 Å². The number of benzene rings is 2. The van der Waals surface area contributed by atoms with Crippen LogP contribution in [-0.2, 0) is 16.6 Å². The number of rotatable bonds is 4.